The Labute approximate surface area is 177 Å². The molecule has 0 aliphatic carbocycles. The summed E-state index contributed by atoms with van der Waals surface area (Å²) < 4.78 is 10.6. The van der Waals surface area contributed by atoms with E-state index in [1.165, 1.54) is 18.2 Å². The zero-order valence-corrected chi connectivity index (χ0v) is 16.6. The number of aromatic hydroxyl groups is 1. The second-order valence-corrected chi connectivity index (χ2v) is 6.87. The van der Waals surface area contributed by atoms with Crippen LogP contribution in [0.1, 0.15) is 21.5 Å². The summed E-state index contributed by atoms with van der Waals surface area (Å²) in [6.07, 6.45) is 2.83. The van der Waals surface area contributed by atoms with E-state index in [1.807, 2.05) is 19.1 Å². The van der Waals surface area contributed by atoms with Crippen LogP contribution in [0.5, 0.6) is 17.2 Å². The van der Waals surface area contributed by atoms with Crippen LogP contribution in [0.4, 0.5) is 11.4 Å². The number of fused-ring (bicyclic) bond motifs is 1. The molecule has 31 heavy (non-hydrogen) atoms. The van der Waals surface area contributed by atoms with Crippen LogP contribution < -0.4 is 14.9 Å². The van der Waals surface area contributed by atoms with Gasteiger partial charge in [0, 0.05) is 0 Å². The number of hydrogen-bond acceptors (Lipinski definition) is 7. The fraction of sp³-hybridized carbons (Fsp3) is 0.0833. The van der Waals surface area contributed by atoms with Crippen LogP contribution in [0.15, 0.2) is 81.8 Å². The summed E-state index contributed by atoms with van der Waals surface area (Å²) in [7, 11) is 0. The number of allylic oxidation sites excluding steroid dienone is 1. The van der Waals surface area contributed by atoms with Gasteiger partial charge >= 0.3 is 0 Å². The Bertz CT molecular complexity index is 1260. The largest absolute Gasteiger partial charge is 0.504 e. The van der Waals surface area contributed by atoms with Gasteiger partial charge in [0.25, 0.3) is 0 Å². The van der Waals surface area contributed by atoms with E-state index in [-0.39, 0.29) is 18.0 Å². The number of ketones is 1. The third-order valence-corrected chi connectivity index (χ3v) is 4.59. The van der Waals surface area contributed by atoms with Gasteiger partial charge in [0.1, 0.15) is 0 Å². The van der Waals surface area contributed by atoms with Gasteiger partial charge in [-0.2, -0.15) is 10.2 Å². The lowest BCUT2D eigenvalue weighted by molar-refractivity contribution is 0.104. The average Bonchev–Trinajstić information content (AvgIpc) is 3.19. The normalized spacial score (nSPS) is 12.5. The molecule has 1 aliphatic rings. The number of benzene rings is 2. The van der Waals surface area contributed by atoms with Gasteiger partial charge in [-0.1, -0.05) is 29.8 Å². The molecule has 0 unspecified atom stereocenters. The molecule has 0 radical (unpaired) electrons. The van der Waals surface area contributed by atoms with E-state index in [9.17, 15) is 14.7 Å². The molecule has 1 heterocycles. The summed E-state index contributed by atoms with van der Waals surface area (Å²) in [5.41, 5.74) is 1.84. The number of aryl methyl sites for hydroxylation is 1. The minimum atomic E-state index is -0.684. The third kappa shape index (κ3) is 4.67. The average molecular weight is 414 g/mol. The lowest BCUT2D eigenvalue weighted by Crippen LogP contribution is -2.01. The van der Waals surface area contributed by atoms with Gasteiger partial charge in [0.05, 0.1) is 16.9 Å². The van der Waals surface area contributed by atoms with Crippen molar-refractivity contribution in [2.24, 2.45) is 10.2 Å². The van der Waals surface area contributed by atoms with Crippen molar-refractivity contribution in [3.05, 3.63) is 93.7 Å². The van der Waals surface area contributed by atoms with Gasteiger partial charge in [0.2, 0.25) is 12.2 Å². The number of ether oxygens (including phenoxy) is 2. The maximum atomic E-state index is 12.7. The molecule has 0 aromatic heterocycles. The van der Waals surface area contributed by atoms with Crippen LogP contribution in [0.2, 0.25) is 0 Å². The standard InChI is InChI=1S/C24H18N2O5/c1-15-2-6-17(7-3-15)25-26-18-8-10-21(28)24(29)19(13-18)20(27)9-4-16-5-11-22-23(12-16)31-14-30-22/h2-13H,14H2,1H3,(H,28,29)/b9-4+,26-25?. The molecule has 1 N–H and O–H groups in total. The Morgan fingerprint density at radius 2 is 1.65 bits per heavy atom. The fourth-order valence-electron chi connectivity index (χ4n) is 2.89. The predicted octanol–water partition coefficient (Wildman–Crippen LogP) is 5.10. The topological polar surface area (TPSA) is 97.6 Å². The highest BCUT2D eigenvalue weighted by Crippen LogP contribution is 2.33. The highest BCUT2D eigenvalue weighted by Gasteiger charge is 2.14. The quantitative estimate of drug-likeness (QED) is 0.356. The zero-order chi connectivity index (χ0) is 21.8. The smallest absolute Gasteiger partial charge is 0.231 e. The first-order valence-corrected chi connectivity index (χ1v) is 9.47. The van der Waals surface area contributed by atoms with Crippen molar-refractivity contribution < 1.29 is 19.4 Å². The lowest BCUT2D eigenvalue weighted by atomic mass is 10.1. The van der Waals surface area contributed by atoms with Gasteiger partial charge in [-0.3, -0.25) is 9.59 Å². The van der Waals surface area contributed by atoms with Crippen LogP contribution in [0.3, 0.4) is 0 Å². The second kappa shape index (κ2) is 8.62. The molecule has 0 atom stereocenters. The molecule has 3 aromatic rings. The summed E-state index contributed by atoms with van der Waals surface area (Å²) in [6.45, 7) is 2.12. The highest BCUT2D eigenvalue weighted by atomic mass is 16.7. The molecule has 0 amide bonds. The number of carbonyl (C=O) groups excluding carboxylic acids is 1. The van der Waals surface area contributed by atoms with Crippen LogP contribution in [-0.4, -0.2) is 17.7 Å². The molecule has 7 heteroatoms. The van der Waals surface area contributed by atoms with Crippen LogP contribution >= 0.6 is 0 Å². The molecule has 1 aliphatic heterocycles. The molecule has 3 aromatic carbocycles. The first-order valence-electron chi connectivity index (χ1n) is 9.47. The Morgan fingerprint density at radius 1 is 0.935 bits per heavy atom. The van der Waals surface area contributed by atoms with Gasteiger partial charge < -0.3 is 14.6 Å². The highest BCUT2D eigenvalue weighted by molar-refractivity contribution is 6.08. The first kappa shape index (κ1) is 20.0. The Morgan fingerprint density at radius 3 is 2.45 bits per heavy atom. The van der Waals surface area contributed by atoms with Crippen molar-refractivity contribution in [3.8, 4) is 17.2 Å². The van der Waals surface area contributed by atoms with Crippen LogP contribution in [0.25, 0.3) is 6.08 Å². The van der Waals surface area contributed by atoms with E-state index in [4.69, 9.17) is 9.47 Å². The molecule has 4 rings (SSSR count). The van der Waals surface area contributed by atoms with Gasteiger partial charge in [-0.05, 0) is 61.0 Å². The van der Waals surface area contributed by atoms with Crippen molar-refractivity contribution in [2.75, 3.05) is 6.79 Å². The van der Waals surface area contributed by atoms with E-state index in [2.05, 4.69) is 10.2 Å². The minimum absolute atomic E-state index is 0.155. The Balaban J connectivity index is 1.62. The first-order chi connectivity index (χ1) is 15.0. The summed E-state index contributed by atoms with van der Waals surface area (Å²) in [5, 5.41) is 18.4. The predicted molar refractivity (Wildman–Crippen MR) is 116 cm³/mol. The van der Waals surface area contributed by atoms with Crippen LogP contribution in [0, 0.1) is 6.92 Å². The monoisotopic (exact) mass is 414 g/mol. The van der Waals surface area contributed by atoms with Gasteiger partial charge in [-0.15, -0.1) is 0 Å². The maximum absolute atomic E-state index is 12.7. The van der Waals surface area contributed by atoms with Gasteiger partial charge in [0.15, 0.2) is 23.0 Å². The molecular weight excluding hydrogens is 396 g/mol. The molecule has 0 saturated heterocycles. The van der Waals surface area contributed by atoms with Crippen molar-refractivity contribution in [1.82, 2.24) is 0 Å². The third-order valence-electron chi connectivity index (χ3n) is 4.59. The fourth-order valence-corrected chi connectivity index (χ4v) is 2.89. The molecule has 154 valence electrons. The molecule has 0 saturated carbocycles. The molecule has 0 spiro atoms. The summed E-state index contributed by atoms with van der Waals surface area (Å²) in [4.78, 5) is 24.8. The van der Waals surface area contributed by atoms with Crippen molar-refractivity contribution in [2.45, 2.75) is 6.92 Å². The second-order valence-electron chi connectivity index (χ2n) is 6.87. The number of hydrogen-bond donors (Lipinski definition) is 1. The molecule has 0 fully saturated rings. The van der Waals surface area contributed by atoms with E-state index >= 15 is 0 Å². The minimum Gasteiger partial charge on any atom is -0.504 e. The van der Waals surface area contributed by atoms with E-state index in [1.54, 1.807) is 36.4 Å². The van der Waals surface area contributed by atoms with Crippen LogP contribution in [-0.2, 0) is 0 Å². The zero-order valence-electron chi connectivity index (χ0n) is 16.6. The summed E-state index contributed by atoms with van der Waals surface area (Å²) in [6, 6.07) is 16.5. The maximum Gasteiger partial charge on any atom is 0.231 e. The SMILES string of the molecule is Cc1ccc(N=Nc2ccc(=O)c(O)c(C(=O)/C=C/c3ccc4c(c3)OCO4)c2)cc1. The van der Waals surface area contributed by atoms with Crippen molar-refractivity contribution in [3.63, 3.8) is 0 Å². The summed E-state index contributed by atoms with van der Waals surface area (Å²) in [5.74, 6) is 0.0346. The van der Waals surface area contributed by atoms with E-state index < -0.39 is 17.0 Å². The van der Waals surface area contributed by atoms with Gasteiger partial charge in [-0.25, -0.2) is 0 Å². The van der Waals surface area contributed by atoms with E-state index in [0.29, 0.717) is 22.7 Å². The number of azo groups is 1. The van der Waals surface area contributed by atoms with Crippen molar-refractivity contribution >= 4 is 23.2 Å². The molecule has 7 nitrogen and oxygen atoms in total. The van der Waals surface area contributed by atoms with Crippen molar-refractivity contribution in [1.29, 1.82) is 0 Å². The Kier molecular flexibility index (Phi) is 5.57. The van der Waals surface area contributed by atoms with E-state index in [0.717, 1.165) is 11.6 Å². The number of carbonyl (C=O) groups is 1. The number of nitrogens with zero attached hydrogens (tertiary/aromatic N) is 2. The number of rotatable bonds is 5. The summed E-state index contributed by atoms with van der Waals surface area (Å²) >= 11 is 0. The Hall–Kier alpha value is -4.26. The molecular formula is C24H18N2O5. The lowest BCUT2D eigenvalue weighted by Gasteiger charge is -1.99. The molecule has 0 bridgehead atoms.